The fraction of sp³-hybridized carbons (Fsp3) is 0.143. The van der Waals surface area contributed by atoms with Gasteiger partial charge in [0.1, 0.15) is 5.75 Å². The minimum Gasteiger partial charge on any atom is -0.497 e. The summed E-state index contributed by atoms with van der Waals surface area (Å²) in [5, 5.41) is 13.4. The minimum atomic E-state index is -3.91. The fourth-order valence-electron chi connectivity index (χ4n) is 4.47. The SMILES string of the molecule is COc1ccc(N(C[C@H](O)Cn2c3ccccc3c3ccccc32)S(=O)(=O)c2ccccc2)cc1. The molecular weight excluding hydrogens is 460 g/mol. The highest BCUT2D eigenvalue weighted by atomic mass is 32.2. The lowest BCUT2D eigenvalue weighted by molar-refractivity contribution is 0.166. The van der Waals surface area contributed by atoms with Crippen LogP contribution in [0.25, 0.3) is 21.8 Å². The van der Waals surface area contributed by atoms with Crippen molar-refractivity contribution in [1.29, 1.82) is 0 Å². The van der Waals surface area contributed by atoms with Crippen molar-refractivity contribution in [3.05, 3.63) is 103 Å². The van der Waals surface area contributed by atoms with Crippen molar-refractivity contribution >= 4 is 37.5 Å². The van der Waals surface area contributed by atoms with Crippen LogP contribution in [0.2, 0.25) is 0 Å². The number of benzene rings is 4. The lowest BCUT2D eigenvalue weighted by Gasteiger charge is -2.27. The number of rotatable bonds is 8. The zero-order chi connectivity index (χ0) is 24.4. The average Bonchev–Trinajstić information content (AvgIpc) is 3.21. The predicted molar refractivity (Wildman–Crippen MR) is 139 cm³/mol. The van der Waals surface area contributed by atoms with Crippen molar-refractivity contribution in [2.45, 2.75) is 17.5 Å². The van der Waals surface area contributed by atoms with E-state index in [-0.39, 0.29) is 18.0 Å². The molecule has 1 atom stereocenters. The first-order chi connectivity index (χ1) is 17.0. The van der Waals surface area contributed by atoms with Gasteiger partial charge in [-0.2, -0.15) is 0 Å². The molecule has 0 fully saturated rings. The van der Waals surface area contributed by atoms with Gasteiger partial charge in [0.15, 0.2) is 0 Å². The molecule has 0 aliphatic carbocycles. The van der Waals surface area contributed by atoms with Gasteiger partial charge < -0.3 is 14.4 Å². The molecule has 0 spiro atoms. The van der Waals surface area contributed by atoms with E-state index in [1.165, 1.54) is 4.31 Å². The quantitative estimate of drug-likeness (QED) is 0.333. The van der Waals surface area contributed by atoms with Gasteiger partial charge in [-0.25, -0.2) is 8.42 Å². The number of anilines is 1. The number of nitrogens with zero attached hydrogens (tertiary/aromatic N) is 2. The van der Waals surface area contributed by atoms with E-state index >= 15 is 0 Å². The molecule has 0 saturated carbocycles. The third-order valence-electron chi connectivity index (χ3n) is 6.14. The van der Waals surface area contributed by atoms with E-state index in [0.717, 1.165) is 21.8 Å². The number of fused-ring (bicyclic) bond motifs is 3. The first kappa shape index (κ1) is 23.0. The Morgan fingerprint density at radius 2 is 1.34 bits per heavy atom. The summed E-state index contributed by atoms with van der Waals surface area (Å²) in [6, 6.07) is 31.1. The van der Waals surface area contributed by atoms with Gasteiger partial charge in [-0.05, 0) is 48.5 Å². The van der Waals surface area contributed by atoms with Crippen LogP contribution in [0.4, 0.5) is 5.69 Å². The minimum absolute atomic E-state index is 0.107. The van der Waals surface area contributed by atoms with Crippen LogP contribution in [0.1, 0.15) is 0 Å². The Morgan fingerprint density at radius 1 is 0.800 bits per heavy atom. The van der Waals surface area contributed by atoms with E-state index in [1.807, 2.05) is 36.4 Å². The molecule has 0 radical (unpaired) electrons. The summed E-state index contributed by atoms with van der Waals surface area (Å²) >= 11 is 0. The highest BCUT2D eigenvalue weighted by Crippen LogP contribution is 2.30. The van der Waals surface area contributed by atoms with Crippen molar-refractivity contribution in [1.82, 2.24) is 4.57 Å². The van der Waals surface area contributed by atoms with Crippen LogP contribution in [0.15, 0.2) is 108 Å². The van der Waals surface area contributed by atoms with Gasteiger partial charge in [-0.15, -0.1) is 0 Å². The summed E-state index contributed by atoms with van der Waals surface area (Å²) in [4.78, 5) is 0.167. The van der Waals surface area contributed by atoms with Crippen molar-refractivity contribution < 1.29 is 18.3 Å². The maximum absolute atomic E-state index is 13.6. The lowest BCUT2D eigenvalue weighted by Crippen LogP contribution is -2.39. The Hall–Kier alpha value is -3.81. The summed E-state index contributed by atoms with van der Waals surface area (Å²) < 4.78 is 35.8. The van der Waals surface area contributed by atoms with E-state index in [4.69, 9.17) is 4.74 Å². The molecule has 0 unspecified atom stereocenters. The summed E-state index contributed by atoms with van der Waals surface area (Å²) in [6.45, 7) is 0.134. The van der Waals surface area contributed by atoms with Crippen molar-refractivity contribution in [2.75, 3.05) is 18.0 Å². The lowest BCUT2D eigenvalue weighted by atomic mass is 10.2. The molecule has 5 aromatic rings. The van der Waals surface area contributed by atoms with Crippen molar-refractivity contribution in [3.63, 3.8) is 0 Å². The molecule has 0 saturated heterocycles. The summed E-state index contributed by atoms with van der Waals surface area (Å²) in [7, 11) is -2.35. The predicted octanol–water partition coefficient (Wildman–Crippen LogP) is 5.06. The number of ether oxygens (including phenoxy) is 1. The molecule has 35 heavy (non-hydrogen) atoms. The topological polar surface area (TPSA) is 71.8 Å². The smallest absolute Gasteiger partial charge is 0.264 e. The number of sulfonamides is 1. The number of methoxy groups -OCH3 is 1. The number of hydrogen-bond donors (Lipinski definition) is 1. The second kappa shape index (κ2) is 9.44. The monoisotopic (exact) mass is 486 g/mol. The highest BCUT2D eigenvalue weighted by molar-refractivity contribution is 7.92. The second-order valence-electron chi connectivity index (χ2n) is 8.35. The number of para-hydroxylation sites is 2. The Kier molecular flexibility index (Phi) is 6.19. The molecule has 5 rings (SSSR count). The molecule has 4 aromatic carbocycles. The largest absolute Gasteiger partial charge is 0.497 e. The van der Waals surface area contributed by atoms with Gasteiger partial charge in [0.05, 0.1) is 36.9 Å². The molecule has 0 aliphatic heterocycles. The third kappa shape index (κ3) is 4.36. The van der Waals surface area contributed by atoms with E-state index in [2.05, 4.69) is 16.7 Å². The Morgan fingerprint density at radius 3 is 1.91 bits per heavy atom. The number of aliphatic hydroxyl groups is 1. The molecule has 0 bridgehead atoms. The van der Waals surface area contributed by atoms with Crippen molar-refractivity contribution in [3.8, 4) is 5.75 Å². The summed E-state index contributed by atoms with van der Waals surface area (Å²) in [5.74, 6) is 0.622. The first-order valence-corrected chi connectivity index (χ1v) is 12.8. The zero-order valence-electron chi connectivity index (χ0n) is 19.3. The Balaban J connectivity index is 1.52. The highest BCUT2D eigenvalue weighted by Gasteiger charge is 2.27. The van der Waals surface area contributed by atoms with Crippen LogP contribution < -0.4 is 9.04 Å². The van der Waals surface area contributed by atoms with Crippen LogP contribution in [-0.4, -0.2) is 37.8 Å². The third-order valence-corrected chi connectivity index (χ3v) is 7.95. The first-order valence-electron chi connectivity index (χ1n) is 11.3. The maximum Gasteiger partial charge on any atom is 0.264 e. The van der Waals surface area contributed by atoms with Crippen molar-refractivity contribution in [2.24, 2.45) is 0 Å². The summed E-state index contributed by atoms with van der Waals surface area (Å²) in [5.41, 5.74) is 2.44. The normalized spacial score (nSPS) is 12.6. The second-order valence-corrected chi connectivity index (χ2v) is 10.2. The Labute approximate surface area is 204 Å². The molecule has 6 nitrogen and oxygen atoms in total. The van der Waals surface area contributed by atoms with Crippen LogP contribution in [0.5, 0.6) is 5.75 Å². The number of aromatic nitrogens is 1. The standard InChI is InChI=1S/C28H26N2O4S/c1-34-23-17-15-21(16-18-23)30(35(32,33)24-9-3-2-4-10-24)20-22(31)19-29-27-13-7-5-11-25(27)26-12-6-8-14-28(26)29/h2-18,22,31H,19-20H2,1H3/t22-/m1/s1. The van der Waals surface area contributed by atoms with Gasteiger partial charge in [0.25, 0.3) is 10.0 Å². The van der Waals surface area contributed by atoms with E-state index in [9.17, 15) is 13.5 Å². The van der Waals surface area contributed by atoms with Crippen LogP contribution in [-0.2, 0) is 16.6 Å². The maximum atomic E-state index is 13.6. The fourth-order valence-corrected chi connectivity index (χ4v) is 5.99. The van der Waals surface area contributed by atoms with Gasteiger partial charge in [0, 0.05) is 21.8 Å². The van der Waals surface area contributed by atoms with Gasteiger partial charge >= 0.3 is 0 Å². The van der Waals surface area contributed by atoms with Crippen LogP contribution >= 0.6 is 0 Å². The van der Waals surface area contributed by atoms with Gasteiger partial charge in [-0.3, -0.25) is 4.31 Å². The molecular formula is C28H26N2O4S. The summed E-state index contributed by atoms with van der Waals surface area (Å²) in [6.07, 6.45) is -0.963. The molecule has 1 heterocycles. The number of hydrogen-bond acceptors (Lipinski definition) is 4. The van der Waals surface area contributed by atoms with E-state index < -0.39 is 16.1 Å². The van der Waals surface area contributed by atoms with E-state index in [1.54, 1.807) is 61.7 Å². The molecule has 1 aromatic heterocycles. The zero-order valence-corrected chi connectivity index (χ0v) is 20.1. The average molecular weight is 487 g/mol. The molecule has 0 amide bonds. The molecule has 178 valence electrons. The number of aliphatic hydroxyl groups excluding tert-OH is 1. The van der Waals surface area contributed by atoms with Crippen LogP contribution in [0.3, 0.4) is 0 Å². The van der Waals surface area contributed by atoms with E-state index in [0.29, 0.717) is 11.4 Å². The van der Waals surface area contributed by atoms with Gasteiger partial charge in [-0.1, -0.05) is 54.6 Å². The Bertz CT molecular complexity index is 1510. The molecule has 0 aliphatic rings. The van der Waals surface area contributed by atoms with Crippen LogP contribution in [0, 0.1) is 0 Å². The molecule has 7 heteroatoms. The van der Waals surface area contributed by atoms with Gasteiger partial charge in [0.2, 0.25) is 0 Å². The molecule has 1 N–H and O–H groups in total.